The zero-order valence-corrected chi connectivity index (χ0v) is 14.3. The fraction of sp³-hybridized carbons (Fsp3) is 0.211. The molecule has 1 amide bonds. The molecule has 0 aliphatic heterocycles. The molecule has 4 aromatic rings. The molecule has 0 bridgehead atoms. The topological polar surface area (TPSA) is 59.8 Å². The van der Waals surface area contributed by atoms with Gasteiger partial charge >= 0.3 is 0 Å². The highest BCUT2D eigenvalue weighted by atomic mass is 32.1. The average Bonchev–Trinajstić information content (AvgIpc) is 3.29. The Bertz CT molecular complexity index is 1060. The third-order valence-corrected chi connectivity index (χ3v) is 5.42. The average molecular weight is 348 g/mol. The van der Waals surface area contributed by atoms with E-state index in [0.717, 1.165) is 39.9 Å². The molecule has 0 atom stereocenters. The molecule has 124 valence electrons. The Kier molecular flexibility index (Phi) is 3.31. The summed E-state index contributed by atoms with van der Waals surface area (Å²) in [6.07, 6.45) is 2.31. The minimum absolute atomic E-state index is 0.0656. The molecule has 25 heavy (non-hydrogen) atoms. The van der Waals surface area contributed by atoms with E-state index in [1.807, 2.05) is 48.5 Å². The molecule has 0 spiro atoms. The van der Waals surface area contributed by atoms with E-state index in [2.05, 4.69) is 14.9 Å². The molecule has 2 aromatic heterocycles. The summed E-state index contributed by atoms with van der Waals surface area (Å²) in [4.78, 5) is 21.8. The summed E-state index contributed by atoms with van der Waals surface area (Å²) in [5, 5.41) is 3.58. The van der Waals surface area contributed by atoms with Gasteiger partial charge in [-0.2, -0.15) is 0 Å². The SMILES string of the molecule is O=C(Cn1c(C2CC2)nc2ccccc21)Nc1nc2ccccc2s1. The molecule has 0 unspecified atom stereocenters. The van der Waals surface area contributed by atoms with E-state index in [-0.39, 0.29) is 12.5 Å². The lowest BCUT2D eigenvalue weighted by Gasteiger charge is -2.08. The van der Waals surface area contributed by atoms with Crippen molar-refractivity contribution in [1.29, 1.82) is 0 Å². The second kappa shape index (κ2) is 5.67. The highest BCUT2D eigenvalue weighted by Crippen LogP contribution is 2.40. The first-order valence-electron chi connectivity index (χ1n) is 8.38. The number of amides is 1. The standard InChI is InChI=1S/C19H16N4OS/c24-17(22-19-21-14-6-2-4-8-16(14)25-19)11-23-15-7-3-1-5-13(15)20-18(23)12-9-10-12/h1-8,12H,9-11H2,(H,21,22,24). The number of hydrogen-bond acceptors (Lipinski definition) is 4. The molecule has 1 saturated carbocycles. The van der Waals surface area contributed by atoms with Gasteiger partial charge in [-0.25, -0.2) is 9.97 Å². The van der Waals surface area contributed by atoms with Crippen molar-refractivity contribution >= 4 is 43.6 Å². The number of rotatable bonds is 4. The van der Waals surface area contributed by atoms with Crippen LogP contribution in [0.5, 0.6) is 0 Å². The number of anilines is 1. The summed E-state index contributed by atoms with van der Waals surface area (Å²) >= 11 is 1.50. The van der Waals surface area contributed by atoms with Crippen molar-refractivity contribution in [2.24, 2.45) is 0 Å². The van der Waals surface area contributed by atoms with Gasteiger partial charge in [0.15, 0.2) is 5.13 Å². The smallest absolute Gasteiger partial charge is 0.246 e. The van der Waals surface area contributed by atoms with Crippen LogP contribution in [0.3, 0.4) is 0 Å². The minimum Gasteiger partial charge on any atom is -0.318 e. The summed E-state index contributed by atoms with van der Waals surface area (Å²) in [7, 11) is 0. The Hall–Kier alpha value is -2.73. The molecule has 1 fully saturated rings. The Balaban J connectivity index is 1.43. The Morgan fingerprint density at radius 3 is 2.64 bits per heavy atom. The third kappa shape index (κ3) is 2.68. The third-order valence-electron chi connectivity index (χ3n) is 4.47. The zero-order chi connectivity index (χ0) is 16.8. The van der Waals surface area contributed by atoms with E-state index in [4.69, 9.17) is 4.98 Å². The van der Waals surface area contributed by atoms with Crippen molar-refractivity contribution in [3.05, 3.63) is 54.4 Å². The Morgan fingerprint density at radius 2 is 1.84 bits per heavy atom. The van der Waals surface area contributed by atoms with Crippen LogP contribution in [0.1, 0.15) is 24.6 Å². The molecule has 1 aliphatic carbocycles. The van der Waals surface area contributed by atoms with E-state index < -0.39 is 0 Å². The number of nitrogens with zero attached hydrogens (tertiary/aromatic N) is 3. The molecule has 0 saturated heterocycles. The quantitative estimate of drug-likeness (QED) is 0.602. The van der Waals surface area contributed by atoms with Crippen molar-refractivity contribution < 1.29 is 4.79 Å². The number of aromatic nitrogens is 3. The van der Waals surface area contributed by atoms with Crippen LogP contribution in [0.2, 0.25) is 0 Å². The van der Waals surface area contributed by atoms with E-state index in [9.17, 15) is 4.79 Å². The first-order valence-corrected chi connectivity index (χ1v) is 9.20. The summed E-state index contributed by atoms with van der Waals surface area (Å²) in [6.45, 7) is 0.266. The van der Waals surface area contributed by atoms with E-state index >= 15 is 0 Å². The number of carbonyl (C=O) groups is 1. The Morgan fingerprint density at radius 1 is 1.08 bits per heavy atom. The van der Waals surface area contributed by atoms with Crippen LogP contribution < -0.4 is 5.32 Å². The first-order chi connectivity index (χ1) is 12.3. The fourth-order valence-electron chi connectivity index (χ4n) is 3.14. The summed E-state index contributed by atoms with van der Waals surface area (Å²) in [5.74, 6) is 1.45. The lowest BCUT2D eigenvalue weighted by atomic mass is 10.3. The van der Waals surface area contributed by atoms with Crippen LogP contribution in [-0.4, -0.2) is 20.4 Å². The molecular weight excluding hydrogens is 332 g/mol. The van der Waals surface area contributed by atoms with Gasteiger partial charge in [0.05, 0.1) is 21.3 Å². The highest BCUT2D eigenvalue weighted by molar-refractivity contribution is 7.22. The lowest BCUT2D eigenvalue weighted by Crippen LogP contribution is -2.19. The van der Waals surface area contributed by atoms with Gasteiger partial charge in [0.25, 0.3) is 0 Å². The van der Waals surface area contributed by atoms with Gasteiger partial charge in [-0.3, -0.25) is 4.79 Å². The predicted molar refractivity (Wildman–Crippen MR) is 100.0 cm³/mol. The second-order valence-corrected chi connectivity index (χ2v) is 7.38. The van der Waals surface area contributed by atoms with Crippen molar-refractivity contribution in [3.8, 4) is 0 Å². The monoisotopic (exact) mass is 348 g/mol. The van der Waals surface area contributed by atoms with E-state index in [1.54, 1.807) is 0 Å². The van der Waals surface area contributed by atoms with Crippen molar-refractivity contribution in [3.63, 3.8) is 0 Å². The largest absolute Gasteiger partial charge is 0.318 e. The van der Waals surface area contributed by atoms with Gasteiger partial charge < -0.3 is 9.88 Å². The van der Waals surface area contributed by atoms with Crippen LogP contribution in [0.4, 0.5) is 5.13 Å². The van der Waals surface area contributed by atoms with Crippen LogP contribution in [0.25, 0.3) is 21.3 Å². The number of nitrogens with one attached hydrogen (secondary N) is 1. The van der Waals surface area contributed by atoms with Gasteiger partial charge in [-0.1, -0.05) is 35.6 Å². The van der Waals surface area contributed by atoms with E-state index in [0.29, 0.717) is 11.0 Å². The number of thiazole rings is 1. The van der Waals surface area contributed by atoms with Crippen molar-refractivity contribution in [2.75, 3.05) is 5.32 Å². The first kappa shape index (κ1) is 14.6. The van der Waals surface area contributed by atoms with Gasteiger partial charge in [-0.05, 0) is 37.1 Å². The number of fused-ring (bicyclic) bond motifs is 2. The molecular formula is C19H16N4OS. The predicted octanol–water partition coefficient (Wildman–Crippen LogP) is 4.16. The maximum atomic E-state index is 12.6. The van der Waals surface area contributed by atoms with Gasteiger partial charge in [0.1, 0.15) is 12.4 Å². The molecule has 5 nitrogen and oxygen atoms in total. The maximum absolute atomic E-state index is 12.6. The maximum Gasteiger partial charge on any atom is 0.246 e. The fourth-order valence-corrected chi connectivity index (χ4v) is 4.02. The number of hydrogen-bond donors (Lipinski definition) is 1. The number of carbonyl (C=O) groups excluding carboxylic acids is 1. The van der Waals surface area contributed by atoms with E-state index in [1.165, 1.54) is 11.3 Å². The Labute approximate surface area is 148 Å². The number of benzene rings is 2. The molecule has 2 aromatic carbocycles. The minimum atomic E-state index is -0.0656. The van der Waals surface area contributed by atoms with Crippen molar-refractivity contribution in [2.45, 2.75) is 25.3 Å². The van der Waals surface area contributed by atoms with Crippen LogP contribution in [-0.2, 0) is 11.3 Å². The molecule has 0 radical (unpaired) electrons. The van der Waals surface area contributed by atoms with Gasteiger partial charge in [0, 0.05) is 5.92 Å². The highest BCUT2D eigenvalue weighted by Gasteiger charge is 2.30. The lowest BCUT2D eigenvalue weighted by molar-refractivity contribution is -0.116. The summed E-state index contributed by atoms with van der Waals surface area (Å²) < 4.78 is 3.12. The molecule has 6 heteroatoms. The van der Waals surface area contributed by atoms with Crippen LogP contribution in [0, 0.1) is 0 Å². The number of imidazole rings is 1. The summed E-state index contributed by atoms with van der Waals surface area (Å²) in [6, 6.07) is 15.9. The molecule has 2 heterocycles. The summed E-state index contributed by atoms with van der Waals surface area (Å²) in [5.41, 5.74) is 2.88. The van der Waals surface area contributed by atoms with Crippen molar-refractivity contribution in [1.82, 2.24) is 14.5 Å². The normalized spacial score (nSPS) is 14.2. The van der Waals surface area contributed by atoms with Gasteiger partial charge in [-0.15, -0.1) is 0 Å². The van der Waals surface area contributed by atoms with Gasteiger partial charge in [0.2, 0.25) is 5.91 Å². The molecule has 1 N–H and O–H groups in total. The molecule has 1 aliphatic rings. The molecule has 5 rings (SSSR count). The van der Waals surface area contributed by atoms with Crippen LogP contribution in [0.15, 0.2) is 48.5 Å². The van der Waals surface area contributed by atoms with Crippen LogP contribution >= 0.6 is 11.3 Å². The number of para-hydroxylation sites is 3. The zero-order valence-electron chi connectivity index (χ0n) is 13.5. The second-order valence-electron chi connectivity index (χ2n) is 6.35.